The zero-order valence-corrected chi connectivity index (χ0v) is 10.0. The summed E-state index contributed by atoms with van der Waals surface area (Å²) in [6.45, 7) is 0.513. The number of hydrogen-bond acceptors (Lipinski definition) is 2. The molecule has 0 aliphatic heterocycles. The second-order valence-corrected chi connectivity index (χ2v) is 5.68. The van der Waals surface area contributed by atoms with Gasteiger partial charge in [-0.15, -0.1) is 0 Å². The van der Waals surface area contributed by atoms with Crippen LogP contribution in [0.1, 0.15) is 24.8 Å². The van der Waals surface area contributed by atoms with Crippen molar-refractivity contribution in [1.29, 1.82) is 0 Å². The first-order valence-electron chi connectivity index (χ1n) is 6.22. The average molecular weight is 249 g/mol. The maximum Gasteiger partial charge on any atom is 0.321 e. The van der Waals surface area contributed by atoms with Gasteiger partial charge >= 0.3 is 5.97 Å². The molecule has 18 heavy (non-hydrogen) atoms. The molecule has 2 N–H and O–H groups in total. The predicted octanol–water partition coefficient (Wildman–Crippen LogP) is 2.12. The first-order chi connectivity index (χ1) is 8.53. The molecule has 3 aliphatic rings. The number of carbonyl (C=O) groups is 1. The Kier molecular flexibility index (Phi) is 2.45. The Morgan fingerprint density at radius 3 is 2.44 bits per heavy atom. The fraction of sp³-hybridized carbons (Fsp3) is 0.500. The lowest BCUT2D eigenvalue weighted by Crippen LogP contribution is -2.73. The van der Waals surface area contributed by atoms with Crippen LogP contribution in [0.15, 0.2) is 30.3 Å². The minimum absolute atomic E-state index is 0.338. The van der Waals surface area contributed by atoms with Gasteiger partial charge in [-0.05, 0) is 24.8 Å². The van der Waals surface area contributed by atoms with E-state index in [1.165, 1.54) is 0 Å². The van der Waals surface area contributed by atoms with Gasteiger partial charge in [0.1, 0.15) is 11.7 Å². The van der Waals surface area contributed by atoms with Crippen LogP contribution in [0.3, 0.4) is 0 Å². The Morgan fingerprint density at radius 2 is 1.94 bits per heavy atom. The molecule has 0 amide bonds. The van der Waals surface area contributed by atoms with Crippen LogP contribution in [0.2, 0.25) is 0 Å². The first-order valence-corrected chi connectivity index (χ1v) is 6.22. The van der Waals surface area contributed by atoms with E-state index in [2.05, 4.69) is 5.32 Å². The standard InChI is InChI=1S/C14H16FNO2/c15-14-7-13(8-14,9-14)11(12(17)18)16-6-10-4-2-1-3-5-10/h1-5,11,16H,6-9H2,(H,17,18). The molecule has 3 aliphatic carbocycles. The fourth-order valence-electron chi connectivity index (χ4n) is 3.43. The van der Waals surface area contributed by atoms with Crippen molar-refractivity contribution >= 4 is 5.97 Å². The summed E-state index contributed by atoms with van der Waals surface area (Å²) in [5.41, 5.74) is -0.345. The quantitative estimate of drug-likeness (QED) is 0.840. The van der Waals surface area contributed by atoms with Crippen molar-refractivity contribution < 1.29 is 14.3 Å². The van der Waals surface area contributed by atoms with E-state index in [1.54, 1.807) is 0 Å². The van der Waals surface area contributed by atoms with E-state index >= 15 is 0 Å². The second kappa shape index (κ2) is 3.79. The van der Waals surface area contributed by atoms with E-state index in [0.717, 1.165) is 5.56 Å². The van der Waals surface area contributed by atoms with Crippen molar-refractivity contribution in [2.24, 2.45) is 5.41 Å². The molecule has 0 saturated heterocycles. The van der Waals surface area contributed by atoms with Crippen LogP contribution in [0.5, 0.6) is 0 Å². The number of halogens is 1. The number of benzene rings is 1. The fourth-order valence-corrected chi connectivity index (χ4v) is 3.43. The van der Waals surface area contributed by atoms with Crippen LogP contribution in [0.4, 0.5) is 4.39 Å². The van der Waals surface area contributed by atoms with Crippen LogP contribution in [0.25, 0.3) is 0 Å². The summed E-state index contributed by atoms with van der Waals surface area (Å²) in [5, 5.41) is 12.3. The molecule has 2 bridgehead atoms. The van der Waals surface area contributed by atoms with Crippen LogP contribution in [-0.2, 0) is 11.3 Å². The number of rotatable bonds is 5. The third-order valence-electron chi connectivity index (χ3n) is 4.22. The number of alkyl halides is 1. The van der Waals surface area contributed by atoms with Gasteiger partial charge in [0.15, 0.2) is 0 Å². The molecule has 0 spiro atoms. The molecule has 1 aromatic rings. The molecule has 4 rings (SSSR count). The van der Waals surface area contributed by atoms with E-state index in [4.69, 9.17) is 0 Å². The highest BCUT2D eigenvalue weighted by Crippen LogP contribution is 2.70. The summed E-state index contributed by atoms with van der Waals surface area (Å²) < 4.78 is 13.5. The first kappa shape index (κ1) is 11.7. The highest BCUT2D eigenvalue weighted by molar-refractivity contribution is 5.76. The van der Waals surface area contributed by atoms with Gasteiger partial charge in [-0.25, -0.2) is 4.39 Å². The molecule has 1 aromatic carbocycles. The Balaban J connectivity index is 1.64. The maximum absolute atomic E-state index is 13.5. The van der Waals surface area contributed by atoms with Gasteiger partial charge in [0, 0.05) is 12.0 Å². The molecule has 4 heteroatoms. The van der Waals surface area contributed by atoms with Gasteiger partial charge in [-0.2, -0.15) is 0 Å². The number of nitrogens with one attached hydrogen (secondary N) is 1. The summed E-state index contributed by atoms with van der Waals surface area (Å²) in [5.74, 6) is -0.868. The minimum Gasteiger partial charge on any atom is -0.480 e. The monoisotopic (exact) mass is 249 g/mol. The van der Waals surface area contributed by atoms with E-state index in [1.807, 2.05) is 30.3 Å². The smallest absolute Gasteiger partial charge is 0.321 e. The van der Waals surface area contributed by atoms with Crippen molar-refractivity contribution in [3.05, 3.63) is 35.9 Å². The molecule has 96 valence electrons. The summed E-state index contributed by atoms with van der Waals surface area (Å²) in [7, 11) is 0. The van der Waals surface area contributed by atoms with Gasteiger partial charge in [0.2, 0.25) is 0 Å². The van der Waals surface area contributed by atoms with Gasteiger partial charge in [0.05, 0.1) is 0 Å². The van der Waals surface area contributed by atoms with E-state index in [9.17, 15) is 14.3 Å². The Labute approximate surface area is 105 Å². The lowest BCUT2D eigenvalue weighted by Gasteiger charge is -2.67. The van der Waals surface area contributed by atoms with Crippen LogP contribution < -0.4 is 5.32 Å². The summed E-state index contributed by atoms with van der Waals surface area (Å²) in [6, 6.07) is 9.03. The van der Waals surface area contributed by atoms with Crippen molar-refractivity contribution in [2.75, 3.05) is 0 Å². The van der Waals surface area contributed by atoms with Crippen molar-refractivity contribution in [2.45, 2.75) is 37.5 Å². The lowest BCUT2D eigenvalue weighted by molar-refractivity contribution is -0.231. The van der Waals surface area contributed by atoms with Crippen molar-refractivity contribution in [3.8, 4) is 0 Å². The Hall–Kier alpha value is -1.42. The summed E-state index contributed by atoms with van der Waals surface area (Å²) >= 11 is 0. The third-order valence-corrected chi connectivity index (χ3v) is 4.22. The second-order valence-electron chi connectivity index (χ2n) is 5.68. The topological polar surface area (TPSA) is 49.3 Å². The van der Waals surface area contributed by atoms with Crippen LogP contribution in [0, 0.1) is 5.41 Å². The largest absolute Gasteiger partial charge is 0.480 e. The number of aliphatic carboxylic acids is 1. The van der Waals surface area contributed by atoms with Gasteiger partial charge in [0.25, 0.3) is 0 Å². The van der Waals surface area contributed by atoms with E-state index < -0.39 is 17.7 Å². The average Bonchev–Trinajstić information content (AvgIpc) is 2.26. The lowest BCUT2D eigenvalue weighted by atomic mass is 9.40. The molecule has 0 heterocycles. The zero-order valence-electron chi connectivity index (χ0n) is 10.0. The third kappa shape index (κ3) is 1.72. The minimum atomic E-state index is -1.05. The van der Waals surface area contributed by atoms with Crippen LogP contribution in [-0.4, -0.2) is 22.8 Å². The van der Waals surface area contributed by atoms with Gasteiger partial charge in [-0.3, -0.25) is 10.1 Å². The SMILES string of the molecule is O=C(O)C(NCc1ccccc1)C12CC(F)(C1)C2. The van der Waals surface area contributed by atoms with Crippen molar-refractivity contribution in [3.63, 3.8) is 0 Å². The van der Waals surface area contributed by atoms with Gasteiger partial charge in [-0.1, -0.05) is 30.3 Å². The normalized spacial score (nSPS) is 34.3. The zero-order chi connectivity index (χ0) is 12.8. The molecule has 1 atom stereocenters. The van der Waals surface area contributed by atoms with Gasteiger partial charge < -0.3 is 5.11 Å². The molecule has 1 unspecified atom stereocenters. The number of carboxylic acids is 1. The Morgan fingerprint density at radius 1 is 1.33 bits per heavy atom. The molecular weight excluding hydrogens is 233 g/mol. The molecule has 0 radical (unpaired) electrons. The molecular formula is C14H16FNO2. The number of hydrogen-bond donors (Lipinski definition) is 2. The Bertz CT molecular complexity index is 454. The predicted molar refractivity (Wildman–Crippen MR) is 64.8 cm³/mol. The molecule has 3 fully saturated rings. The molecule has 3 saturated carbocycles. The van der Waals surface area contributed by atoms with Crippen molar-refractivity contribution in [1.82, 2.24) is 5.32 Å². The highest BCUT2D eigenvalue weighted by atomic mass is 19.1. The summed E-state index contributed by atoms with van der Waals surface area (Å²) in [6.07, 6.45) is 1.20. The number of carboxylic acid groups (broad SMARTS) is 1. The highest BCUT2D eigenvalue weighted by Gasteiger charge is 2.73. The van der Waals surface area contributed by atoms with Crippen LogP contribution >= 0.6 is 0 Å². The molecule has 3 nitrogen and oxygen atoms in total. The summed E-state index contributed by atoms with van der Waals surface area (Å²) in [4.78, 5) is 11.3. The van der Waals surface area contributed by atoms with E-state index in [0.29, 0.717) is 25.8 Å². The maximum atomic E-state index is 13.5. The van der Waals surface area contributed by atoms with E-state index in [-0.39, 0.29) is 5.41 Å². The molecule has 0 aromatic heterocycles.